The van der Waals surface area contributed by atoms with E-state index < -0.39 is 5.41 Å². The predicted molar refractivity (Wildman–Crippen MR) is 221 cm³/mol. The lowest BCUT2D eigenvalue weighted by Gasteiger charge is -2.35. The number of hydrogen-bond donors (Lipinski definition) is 0. The van der Waals surface area contributed by atoms with Gasteiger partial charge in [-0.25, -0.2) is 0 Å². The normalized spacial score (nSPS) is 13.1. The van der Waals surface area contributed by atoms with Gasteiger partial charge in [-0.15, -0.1) is 0 Å². The van der Waals surface area contributed by atoms with Crippen LogP contribution in [0.5, 0.6) is 0 Å². The number of anilines is 3. The smallest absolute Gasteiger partial charge is 0.137 e. The number of hydrogen-bond acceptors (Lipinski definition) is 2. The average molecular weight is 676 g/mol. The minimum absolute atomic E-state index is 0.508. The molecule has 0 fully saturated rings. The maximum atomic E-state index is 6.44. The van der Waals surface area contributed by atoms with Gasteiger partial charge in [-0.1, -0.05) is 152 Å². The molecule has 2 nitrogen and oxygen atoms in total. The molecule has 53 heavy (non-hydrogen) atoms. The molecule has 1 heterocycles. The molecule has 10 aromatic rings. The van der Waals surface area contributed by atoms with Crippen molar-refractivity contribution in [3.8, 4) is 11.1 Å². The number of fused-ring (bicyclic) bond motifs is 3. The lowest BCUT2D eigenvalue weighted by Crippen LogP contribution is -2.29. The lowest BCUT2D eigenvalue weighted by molar-refractivity contribution is 0.669. The van der Waals surface area contributed by atoms with Gasteiger partial charge in [-0.3, -0.25) is 0 Å². The van der Waals surface area contributed by atoms with E-state index in [-0.39, 0.29) is 0 Å². The first-order chi connectivity index (χ1) is 26.3. The second-order valence-electron chi connectivity index (χ2n) is 14.1. The summed E-state index contributed by atoms with van der Waals surface area (Å²) in [4.78, 5) is 2.37. The first-order valence-electron chi connectivity index (χ1n) is 18.3. The van der Waals surface area contributed by atoms with E-state index in [1.54, 1.807) is 0 Å². The van der Waals surface area contributed by atoms with Crippen LogP contribution in [0.15, 0.2) is 205 Å². The van der Waals surface area contributed by atoms with Gasteiger partial charge in [0.25, 0.3) is 0 Å². The molecule has 1 aliphatic rings. The maximum Gasteiger partial charge on any atom is 0.137 e. The van der Waals surface area contributed by atoms with E-state index >= 15 is 0 Å². The number of benzene rings is 9. The van der Waals surface area contributed by atoms with Gasteiger partial charge in [0.1, 0.15) is 11.2 Å². The highest BCUT2D eigenvalue weighted by Gasteiger charge is 2.45. The van der Waals surface area contributed by atoms with Crippen LogP contribution in [0.25, 0.3) is 54.6 Å². The third-order valence-corrected chi connectivity index (χ3v) is 11.3. The minimum atomic E-state index is -0.508. The molecule has 0 spiro atoms. The lowest BCUT2D eigenvalue weighted by atomic mass is 9.67. The van der Waals surface area contributed by atoms with Crippen LogP contribution in [0.4, 0.5) is 17.1 Å². The topological polar surface area (TPSA) is 16.4 Å². The van der Waals surface area contributed by atoms with E-state index in [2.05, 4.69) is 193 Å². The summed E-state index contributed by atoms with van der Waals surface area (Å²) in [6.07, 6.45) is 0. The Hall–Kier alpha value is -6.90. The van der Waals surface area contributed by atoms with Crippen molar-refractivity contribution in [1.82, 2.24) is 0 Å². The zero-order valence-electron chi connectivity index (χ0n) is 28.9. The number of nitrogens with zero attached hydrogens (tertiary/aromatic N) is 1. The molecule has 1 aromatic heterocycles. The van der Waals surface area contributed by atoms with Gasteiger partial charge in [0.05, 0.1) is 5.41 Å². The highest BCUT2D eigenvalue weighted by atomic mass is 16.3. The van der Waals surface area contributed by atoms with Crippen LogP contribution in [0.2, 0.25) is 0 Å². The first kappa shape index (κ1) is 29.8. The first-order valence-corrected chi connectivity index (χ1v) is 18.3. The Morgan fingerprint density at radius 1 is 0.358 bits per heavy atom. The maximum absolute atomic E-state index is 6.44. The van der Waals surface area contributed by atoms with Crippen LogP contribution in [-0.2, 0) is 5.41 Å². The van der Waals surface area contributed by atoms with Crippen LogP contribution in [-0.4, -0.2) is 0 Å². The second kappa shape index (κ2) is 11.6. The Kier molecular flexibility index (Phi) is 6.50. The standard InChI is InChI=1S/C51H33NO/c1-3-12-34(13-4-1)35-26-28-40(29-27-35)52(42-30-31-44-43-20-7-8-23-47(43)53-48(44)33-42)41-19-11-18-39(32-41)51(38-16-5-2-6-17-38)45-21-9-14-36-24-25-37-15-10-22-46(51)50(37)49(36)45/h1-33H. The molecular formula is C51H33NO. The fraction of sp³-hybridized carbons (Fsp3) is 0.0196. The van der Waals surface area contributed by atoms with Gasteiger partial charge in [0.15, 0.2) is 0 Å². The zero-order chi connectivity index (χ0) is 34.9. The molecule has 0 saturated heterocycles. The molecule has 2 heteroatoms. The molecule has 0 aliphatic heterocycles. The molecule has 9 aromatic carbocycles. The van der Waals surface area contributed by atoms with E-state index in [0.29, 0.717) is 0 Å². The number of para-hydroxylation sites is 1. The summed E-state index contributed by atoms with van der Waals surface area (Å²) in [5.41, 5.74) is 12.0. The van der Waals surface area contributed by atoms with Gasteiger partial charge in [-0.05, 0) is 97.4 Å². The molecular weight excluding hydrogens is 643 g/mol. The molecule has 1 aliphatic carbocycles. The van der Waals surface area contributed by atoms with Crippen molar-refractivity contribution < 1.29 is 4.42 Å². The predicted octanol–water partition coefficient (Wildman–Crippen LogP) is 13.7. The summed E-state index contributed by atoms with van der Waals surface area (Å²) in [7, 11) is 0. The van der Waals surface area contributed by atoms with E-state index in [1.807, 2.05) is 12.1 Å². The molecule has 0 amide bonds. The van der Waals surface area contributed by atoms with Gasteiger partial charge < -0.3 is 9.32 Å². The van der Waals surface area contributed by atoms with Gasteiger partial charge in [0, 0.05) is 33.9 Å². The molecule has 0 atom stereocenters. The largest absolute Gasteiger partial charge is 0.456 e. The molecule has 248 valence electrons. The Bertz CT molecular complexity index is 2930. The van der Waals surface area contributed by atoms with E-state index in [0.717, 1.165) is 39.0 Å². The van der Waals surface area contributed by atoms with Crippen molar-refractivity contribution in [3.05, 3.63) is 222 Å². The molecule has 0 radical (unpaired) electrons. The Morgan fingerprint density at radius 3 is 1.66 bits per heavy atom. The average Bonchev–Trinajstić information content (AvgIpc) is 3.76. The summed E-state index contributed by atoms with van der Waals surface area (Å²) in [5.74, 6) is 0. The van der Waals surface area contributed by atoms with E-state index in [1.165, 1.54) is 54.9 Å². The van der Waals surface area contributed by atoms with Gasteiger partial charge >= 0.3 is 0 Å². The summed E-state index contributed by atoms with van der Waals surface area (Å²) in [5, 5.41) is 7.48. The zero-order valence-corrected chi connectivity index (χ0v) is 28.9. The van der Waals surface area contributed by atoms with Crippen molar-refractivity contribution >= 4 is 60.5 Å². The molecule has 11 rings (SSSR count). The van der Waals surface area contributed by atoms with Gasteiger partial charge in [0.2, 0.25) is 0 Å². The van der Waals surface area contributed by atoms with Crippen LogP contribution in [0.1, 0.15) is 22.3 Å². The molecule has 0 unspecified atom stereocenters. The van der Waals surface area contributed by atoms with Crippen molar-refractivity contribution in [2.75, 3.05) is 4.90 Å². The Balaban J connectivity index is 1.16. The minimum Gasteiger partial charge on any atom is -0.456 e. The summed E-state index contributed by atoms with van der Waals surface area (Å²) in [6, 6.07) is 72.8. The fourth-order valence-corrected chi connectivity index (χ4v) is 9.02. The molecule has 0 N–H and O–H groups in total. The van der Waals surface area contributed by atoms with Crippen molar-refractivity contribution in [1.29, 1.82) is 0 Å². The Labute approximate surface area is 307 Å². The second-order valence-corrected chi connectivity index (χ2v) is 14.1. The summed E-state index contributed by atoms with van der Waals surface area (Å²) >= 11 is 0. The van der Waals surface area contributed by atoms with E-state index in [9.17, 15) is 0 Å². The SMILES string of the molecule is c1ccc(-c2ccc(N(c3cccc(C4(c5ccccc5)c5cccc6ccc7cccc4c7c56)c3)c3ccc4c(c3)oc3ccccc34)cc2)cc1. The van der Waals surface area contributed by atoms with Crippen LogP contribution in [0.3, 0.4) is 0 Å². The van der Waals surface area contributed by atoms with Crippen molar-refractivity contribution in [2.24, 2.45) is 0 Å². The number of furan rings is 1. The van der Waals surface area contributed by atoms with E-state index in [4.69, 9.17) is 4.42 Å². The quantitative estimate of drug-likeness (QED) is 0.163. The van der Waals surface area contributed by atoms with Crippen molar-refractivity contribution in [3.63, 3.8) is 0 Å². The summed E-state index contributed by atoms with van der Waals surface area (Å²) < 4.78 is 6.44. The van der Waals surface area contributed by atoms with Crippen molar-refractivity contribution in [2.45, 2.75) is 5.41 Å². The number of rotatable bonds is 6. The van der Waals surface area contributed by atoms with Crippen LogP contribution < -0.4 is 4.90 Å². The third-order valence-electron chi connectivity index (χ3n) is 11.3. The van der Waals surface area contributed by atoms with Gasteiger partial charge in [-0.2, -0.15) is 0 Å². The summed E-state index contributed by atoms with van der Waals surface area (Å²) in [6.45, 7) is 0. The third kappa shape index (κ3) is 4.39. The monoisotopic (exact) mass is 675 g/mol. The Morgan fingerprint density at radius 2 is 0.925 bits per heavy atom. The van der Waals surface area contributed by atoms with Crippen LogP contribution >= 0.6 is 0 Å². The fourth-order valence-electron chi connectivity index (χ4n) is 9.02. The molecule has 0 saturated carbocycles. The highest BCUT2D eigenvalue weighted by molar-refractivity contribution is 6.16. The highest BCUT2D eigenvalue weighted by Crippen LogP contribution is 2.56. The van der Waals surface area contributed by atoms with Crippen LogP contribution in [0, 0.1) is 0 Å². The molecule has 0 bridgehead atoms.